The number of rotatable bonds is 9. The summed E-state index contributed by atoms with van der Waals surface area (Å²) in [5.41, 5.74) is 3.70. The van der Waals surface area contributed by atoms with Crippen molar-refractivity contribution in [2.24, 2.45) is 0 Å². The average Bonchev–Trinajstić information content (AvgIpc) is 2.67. The van der Waals surface area contributed by atoms with Crippen molar-refractivity contribution in [3.05, 3.63) is 77.4 Å². The van der Waals surface area contributed by atoms with Gasteiger partial charge in [-0.15, -0.1) is 0 Å². The fourth-order valence-corrected chi connectivity index (χ4v) is 3.20. The molecule has 0 atom stereocenters. The molecule has 3 nitrogen and oxygen atoms in total. The van der Waals surface area contributed by atoms with Crippen LogP contribution in [-0.4, -0.2) is 20.1 Å². The largest absolute Gasteiger partial charge is 0.489 e. The predicted octanol–water partition coefficient (Wildman–Crippen LogP) is 4.43. The molecule has 0 heterocycles. The quantitative estimate of drug-likeness (QED) is 0.561. The lowest BCUT2D eigenvalue weighted by Crippen LogP contribution is -2.20. The third-order valence-corrected chi connectivity index (χ3v) is 4.56. The fraction of sp³-hybridized carbons (Fsp3) is 0.304. The van der Waals surface area contributed by atoms with Gasteiger partial charge in [-0.25, -0.2) is 0 Å². The Bertz CT molecular complexity index is 844. The van der Waals surface area contributed by atoms with Gasteiger partial charge in [0, 0.05) is 12.1 Å². The topological polar surface area (TPSA) is 33.3 Å². The minimum absolute atomic E-state index is 0.590. The fourth-order valence-electron chi connectivity index (χ4n) is 3.20. The van der Waals surface area contributed by atoms with E-state index in [9.17, 15) is 0 Å². The Morgan fingerprint density at radius 2 is 1.81 bits per heavy atom. The van der Waals surface area contributed by atoms with Crippen LogP contribution in [0.25, 0.3) is 10.8 Å². The molecule has 0 aromatic heterocycles. The first kappa shape index (κ1) is 18.4. The molecular weight excluding hydrogens is 320 g/mol. The van der Waals surface area contributed by atoms with E-state index in [0.717, 1.165) is 31.8 Å². The Kier molecular flexibility index (Phi) is 6.64. The van der Waals surface area contributed by atoms with E-state index in [4.69, 9.17) is 4.74 Å². The van der Waals surface area contributed by atoms with Crippen molar-refractivity contribution >= 4 is 10.8 Å². The first-order valence-corrected chi connectivity index (χ1v) is 9.32. The number of hydrogen-bond acceptors (Lipinski definition) is 3. The zero-order valence-corrected chi connectivity index (χ0v) is 15.7. The molecule has 0 unspecified atom stereocenters. The molecule has 3 rings (SSSR count). The van der Waals surface area contributed by atoms with Crippen LogP contribution in [-0.2, 0) is 13.2 Å². The summed E-state index contributed by atoms with van der Waals surface area (Å²) in [4.78, 5) is 0. The van der Waals surface area contributed by atoms with Crippen molar-refractivity contribution in [1.82, 2.24) is 10.6 Å². The molecule has 136 valence electrons. The monoisotopic (exact) mass is 348 g/mol. The van der Waals surface area contributed by atoms with Gasteiger partial charge in [0.1, 0.15) is 12.4 Å². The molecule has 3 aromatic rings. The van der Waals surface area contributed by atoms with Crippen molar-refractivity contribution in [3.8, 4) is 5.75 Å². The highest BCUT2D eigenvalue weighted by Gasteiger charge is 2.09. The van der Waals surface area contributed by atoms with Gasteiger partial charge in [0.05, 0.1) is 0 Å². The van der Waals surface area contributed by atoms with Crippen molar-refractivity contribution in [1.29, 1.82) is 0 Å². The summed E-state index contributed by atoms with van der Waals surface area (Å²) < 4.78 is 6.21. The third kappa shape index (κ3) is 4.84. The maximum absolute atomic E-state index is 6.21. The van der Waals surface area contributed by atoms with Crippen molar-refractivity contribution < 1.29 is 4.74 Å². The Balaban J connectivity index is 1.77. The van der Waals surface area contributed by atoms with E-state index in [1.807, 2.05) is 7.05 Å². The third-order valence-electron chi connectivity index (χ3n) is 4.56. The Morgan fingerprint density at radius 1 is 0.923 bits per heavy atom. The van der Waals surface area contributed by atoms with Crippen LogP contribution in [0.15, 0.2) is 60.7 Å². The molecule has 0 saturated carbocycles. The molecule has 0 bridgehead atoms. The molecule has 3 aromatic carbocycles. The van der Waals surface area contributed by atoms with E-state index in [-0.39, 0.29) is 0 Å². The molecule has 0 aliphatic carbocycles. The van der Waals surface area contributed by atoms with Gasteiger partial charge in [0.15, 0.2) is 0 Å². The van der Waals surface area contributed by atoms with Crippen LogP contribution >= 0.6 is 0 Å². The van der Waals surface area contributed by atoms with E-state index in [1.165, 1.54) is 27.5 Å². The van der Waals surface area contributed by atoms with Crippen LogP contribution in [0.1, 0.15) is 23.1 Å². The lowest BCUT2D eigenvalue weighted by atomic mass is 10.0. The van der Waals surface area contributed by atoms with Crippen LogP contribution in [0.4, 0.5) is 0 Å². The first-order valence-electron chi connectivity index (χ1n) is 9.32. The summed E-state index contributed by atoms with van der Waals surface area (Å²) in [6.45, 7) is 5.53. The van der Waals surface area contributed by atoms with Gasteiger partial charge in [-0.05, 0) is 55.9 Å². The summed E-state index contributed by atoms with van der Waals surface area (Å²) in [6.07, 6.45) is 1.11. The SMILES string of the molecule is CNCCCNCc1c(OCc2cccc(C)c2)ccc2ccccc12. The van der Waals surface area contributed by atoms with E-state index in [0.29, 0.717) is 6.61 Å². The van der Waals surface area contributed by atoms with Crippen molar-refractivity contribution in [2.45, 2.75) is 26.5 Å². The molecular formula is C23H28N2O. The second-order valence-corrected chi connectivity index (χ2v) is 6.67. The standard InChI is InChI=1S/C23H28N2O/c1-18-7-5-8-19(15-18)17-26-23-12-11-20-9-3-4-10-21(20)22(23)16-25-14-6-13-24-2/h3-5,7-12,15,24-25H,6,13-14,16-17H2,1-2H3. The number of fused-ring (bicyclic) bond motifs is 1. The van der Waals surface area contributed by atoms with Gasteiger partial charge >= 0.3 is 0 Å². The Hall–Kier alpha value is -2.36. The maximum atomic E-state index is 6.21. The molecule has 0 aliphatic heterocycles. The molecule has 0 saturated heterocycles. The highest BCUT2D eigenvalue weighted by molar-refractivity contribution is 5.87. The van der Waals surface area contributed by atoms with Crippen LogP contribution in [0.3, 0.4) is 0 Å². The molecule has 2 N–H and O–H groups in total. The first-order chi connectivity index (χ1) is 12.8. The summed E-state index contributed by atoms with van der Waals surface area (Å²) in [7, 11) is 1.99. The zero-order valence-electron chi connectivity index (χ0n) is 15.7. The van der Waals surface area contributed by atoms with E-state index >= 15 is 0 Å². The highest BCUT2D eigenvalue weighted by Crippen LogP contribution is 2.28. The molecule has 26 heavy (non-hydrogen) atoms. The molecule has 0 amide bonds. The van der Waals surface area contributed by atoms with Crippen LogP contribution in [0.2, 0.25) is 0 Å². The summed E-state index contributed by atoms with van der Waals surface area (Å²) in [5, 5.41) is 9.25. The normalized spacial score (nSPS) is 11.0. The maximum Gasteiger partial charge on any atom is 0.124 e. The number of ether oxygens (including phenoxy) is 1. The summed E-state index contributed by atoms with van der Waals surface area (Å²) in [5.74, 6) is 0.964. The minimum Gasteiger partial charge on any atom is -0.489 e. The lowest BCUT2D eigenvalue weighted by molar-refractivity contribution is 0.302. The Morgan fingerprint density at radius 3 is 2.65 bits per heavy atom. The summed E-state index contributed by atoms with van der Waals surface area (Å²) >= 11 is 0. The molecule has 0 aliphatic rings. The minimum atomic E-state index is 0.590. The van der Waals surface area contributed by atoms with Gasteiger partial charge in [0.2, 0.25) is 0 Å². The van der Waals surface area contributed by atoms with Crippen LogP contribution in [0.5, 0.6) is 5.75 Å². The summed E-state index contributed by atoms with van der Waals surface area (Å²) in [6, 6.07) is 21.2. The van der Waals surface area contributed by atoms with E-state index in [2.05, 4.69) is 78.2 Å². The zero-order chi connectivity index (χ0) is 18.2. The number of nitrogens with one attached hydrogen (secondary N) is 2. The van der Waals surface area contributed by atoms with E-state index in [1.54, 1.807) is 0 Å². The average molecular weight is 348 g/mol. The van der Waals surface area contributed by atoms with Crippen molar-refractivity contribution in [3.63, 3.8) is 0 Å². The predicted molar refractivity (Wildman–Crippen MR) is 110 cm³/mol. The van der Waals surface area contributed by atoms with Crippen LogP contribution < -0.4 is 15.4 Å². The second-order valence-electron chi connectivity index (χ2n) is 6.67. The molecule has 0 fully saturated rings. The highest BCUT2D eigenvalue weighted by atomic mass is 16.5. The van der Waals surface area contributed by atoms with Gasteiger partial charge in [-0.1, -0.05) is 60.2 Å². The smallest absolute Gasteiger partial charge is 0.124 e. The van der Waals surface area contributed by atoms with Gasteiger partial charge in [0.25, 0.3) is 0 Å². The van der Waals surface area contributed by atoms with Crippen molar-refractivity contribution in [2.75, 3.05) is 20.1 Å². The molecule has 0 radical (unpaired) electrons. The lowest BCUT2D eigenvalue weighted by Gasteiger charge is -2.15. The van der Waals surface area contributed by atoms with Gasteiger partial charge in [-0.3, -0.25) is 0 Å². The molecule has 3 heteroatoms. The van der Waals surface area contributed by atoms with Crippen LogP contribution in [0, 0.1) is 6.92 Å². The number of hydrogen-bond donors (Lipinski definition) is 2. The molecule has 0 spiro atoms. The second kappa shape index (κ2) is 9.37. The van der Waals surface area contributed by atoms with Gasteiger partial charge < -0.3 is 15.4 Å². The van der Waals surface area contributed by atoms with E-state index < -0.39 is 0 Å². The van der Waals surface area contributed by atoms with Gasteiger partial charge in [-0.2, -0.15) is 0 Å². The number of benzene rings is 3. The Labute approximate surface area is 156 Å². The number of aryl methyl sites for hydroxylation is 1.